The van der Waals surface area contributed by atoms with Crippen molar-refractivity contribution in [2.75, 3.05) is 0 Å². The summed E-state index contributed by atoms with van der Waals surface area (Å²) in [5, 5.41) is 10.8. The summed E-state index contributed by atoms with van der Waals surface area (Å²) in [6.45, 7) is 1.99. The summed E-state index contributed by atoms with van der Waals surface area (Å²) in [6, 6.07) is 7.81. The van der Waals surface area contributed by atoms with Crippen LogP contribution in [0.15, 0.2) is 24.3 Å². The zero-order valence-electron chi connectivity index (χ0n) is 7.87. The van der Waals surface area contributed by atoms with Gasteiger partial charge in [0.2, 0.25) is 5.91 Å². The van der Waals surface area contributed by atoms with Gasteiger partial charge in [0.1, 0.15) is 0 Å². The van der Waals surface area contributed by atoms with Gasteiger partial charge in [0.25, 0.3) is 0 Å². The number of carbonyl (C=O) groups excluding carboxylic acids is 1. The maximum atomic E-state index is 10.7. The van der Waals surface area contributed by atoms with Crippen LogP contribution in [0.3, 0.4) is 0 Å². The molecule has 0 saturated carbocycles. The van der Waals surface area contributed by atoms with E-state index in [1.807, 2.05) is 24.3 Å². The Bertz CT molecular complexity index is 461. The van der Waals surface area contributed by atoms with Gasteiger partial charge in [-0.15, -0.1) is 0 Å². The molecular formula is C10H11N3O. The summed E-state index contributed by atoms with van der Waals surface area (Å²) < 4.78 is 0. The molecule has 0 aliphatic carbocycles. The Balaban J connectivity index is 2.29. The van der Waals surface area contributed by atoms with Gasteiger partial charge in [0, 0.05) is 12.3 Å². The van der Waals surface area contributed by atoms with Crippen molar-refractivity contribution < 1.29 is 4.79 Å². The predicted octanol–water partition coefficient (Wildman–Crippen LogP) is 1.20. The number of H-pyrrole nitrogens is 1. The molecule has 0 radical (unpaired) electrons. The molecule has 1 aromatic heterocycles. The minimum absolute atomic E-state index is 0.0383. The Morgan fingerprint density at radius 3 is 3.07 bits per heavy atom. The first kappa shape index (κ1) is 8.74. The highest BCUT2D eigenvalue weighted by molar-refractivity contribution is 5.81. The molecule has 0 aliphatic heterocycles. The van der Waals surface area contributed by atoms with Crippen molar-refractivity contribution >= 4 is 16.8 Å². The van der Waals surface area contributed by atoms with E-state index < -0.39 is 0 Å². The lowest BCUT2D eigenvalue weighted by molar-refractivity contribution is -0.119. The minimum atomic E-state index is -0.0383. The van der Waals surface area contributed by atoms with Crippen molar-refractivity contribution in [2.24, 2.45) is 0 Å². The summed E-state index contributed by atoms with van der Waals surface area (Å²) in [6.07, 6.45) is 0. The molecule has 0 saturated heterocycles. The van der Waals surface area contributed by atoms with E-state index in [2.05, 4.69) is 15.5 Å². The van der Waals surface area contributed by atoms with Gasteiger partial charge in [-0.2, -0.15) is 5.10 Å². The van der Waals surface area contributed by atoms with E-state index >= 15 is 0 Å². The average molecular weight is 189 g/mol. The zero-order chi connectivity index (χ0) is 9.97. The van der Waals surface area contributed by atoms with Crippen LogP contribution < -0.4 is 5.32 Å². The minimum Gasteiger partial charge on any atom is -0.351 e. The van der Waals surface area contributed by atoms with Gasteiger partial charge in [-0.1, -0.05) is 18.2 Å². The van der Waals surface area contributed by atoms with Crippen LogP contribution in [-0.4, -0.2) is 16.1 Å². The third kappa shape index (κ3) is 1.59. The van der Waals surface area contributed by atoms with Crippen molar-refractivity contribution in [3.05, 3.63) is 30.0 Å². The maximum Gasteiger partial charge on any atom is 0.217 e. The first-order valence-electron chi connectivity index (χ1n) is 4.44. The predicted molar refractivity (Wildman–Crippen MR) is 53.6 cm³/mol. The molecule has 0 unspecified atom stereocenters. The van der Waals surface area contributed by atoms with Crippen molar-refractivity contribution in [3.63, 3.8) is 0 Å². The van der Waals surface area contributed by atoms with Crippen molar-refractivity contribution in [1.82, 2.24) is 15.5 Å². The number of carbonyl (C=O) groups is 1. The van der Waals surface area contributed by atoms with Gasteiger partial charge < -0.3 is 5.32 Å². The number of aromatic nitrogens is 2. The lowest BCUT2D eigenvalue weighted by Gasteiger charge is -1.98. The van der Waals surface area contributed by atoms with E-state index in [-0.39, 0.29) is 5.91 Å². The fourth-order valence-corrected chi connectivity index (χ4v) is 1.36. The molecule has 0 fully saturated rings. The quantitative estimate of drug-likeness (QED) is 0.745. The van der Waals surface area contributed by atoms with E-state index in [0.29, 0.717) is 6.54 Å². The molecule has 14 heavy (non-hydrogen) atoms. The molecule has 2 N–H and O–H groups in total. The Morgan fingerprint density at radius 2 is 2.29 bits per heavy atom. The van der Waals surface area contributed by atoms with Crippen LogP contribution in [0.25, 0.3) is 10.9 Å². The van der Waals surface area contributed by atoms with Crippen LogP contribution in [0.5, 0.6) is 0 Å². The second-order valence-corrected chi connectivity index (χ2v) is 3.13. The molecular weight excluding hydrogens is 178 g/mol. The van der Waals surface area contributed by atoms with Crippen LogP contribution in [0.1, 0.15) is 12.6 Å². The van der Waals surface area contributed by atoms with Gasteiger partial charge in [-0.05, 0) is 6.07 Å². The zero-order valence-corrected chi connectivity index (χ0v) is 7.87. The highest BCUT2D eigenvalue weighted by atomic mass is 16.1. The summed E-state index contributed by atoms with van der Waals surface area (Å²) in [4.78, 5) is 10.7. The van der Waals surface area contributed by atoms with Crippen molar-refractivity contribution in [1.29, 1.82) is 0 Å². The van der Waals surface area contributed by atoms with E-state index in [0.717, 1.165) is 16.6 Å². The second-order valence-electron chi connectivity index (χ2n) is 3.13. The number of hydrogen-bond acceptors (Lipinski definition) is 2. The van der Waals surface area contributed by atoms with E-state index in [1.165, 1.54) is 6.92 Å². The molecule has 0 aliphatic rings. The highest BCUT2D eigenvalue weighted by Gasteiger charge is 2.03. The summed E-state index contributed by atoms with van der Waals surface area (Å²) in [7, 11) is 0. The fraction of sp³-hybridized carbons (Fsp3) is 0.200. The number of amides is 1. The number of fused-ring (bicyclic) bond motifs is 1. The average Bonchev–Trinajstić information content (AvgIpc) is 2.58. The van der Waals surface area contributed by atoms with Gasteiger partial charge in [0.05, 0.1) is 17.8 Å². The van der Waals surface area contributed by atoms with Gasteiger partial charge in [0.15, 0.2) is 0 Å². The molecule has 72 valence electrons. The third-order valence-corrected chi connectivity index (χ3v) is 2.05. The number of nitrogens with zero attached hydrogens (tertiary/aromatic N) is 1. The van der Waals surface area contributed by atoms with Crippen LogP contribution >= 0.6 is 0 Å². The van der Waals surface area contributed by atoms with E-state index in [1.54, 1.807) is 0 Å². The molecule has 4 heteroatoms. The van der Waals surface area contributed by atoms with Gasteiger partial charge in [-0.3, -0.25) is 9.89 Å². The Kier molecular flexibility index (Phi) is 2.18. The van der Waals surface area contributed by atoms with Crippen molar-refractivity contribution in [3.8, 4) is 0 Å². The lowest BCUT2D eigenvalue weighted by Crippen LogP contribution is -2.19. The van der Waals surface area contributed by atoms with E-state index in [4.69, 9.17) is 0 Å². The number of hydrogen-bond donors (Lipinski definition) is 2. The van der Waals surface area contributed by atoms with E-state index in [9.17, 15) is 4.79 Å². The monoisotopic (exact) mass is 189 g/mol. The SMILES string of the molecule is CC(=O)NCc1[nH]nc2ccccc12. The van der Waals surface area contributed by atoms with Crippen LogP contribution in [-0.2, 0) is 11.3 Å². The standard InChI is InChI=1S/C10H11N3O/c1-7(14)11-6-10-8-4-2-3-5-9(8)12-13-10/h2-5H,6H2,1H3,(H,11,14)(H,12,13). The Labute approximate surface area is 81.3 Å². The number of para-hydroxylation sites is 1. The van der Waals surface area contributed by atoms with Crippen LogP contribution in [0, 0.1) is 0 Å². The normalized spacial score (nSPS) is 10.4. The first-order chi connectivity index (χ1) is 6.77. The molecule has 1 heterocycles. The number of aromatic amines is 1. The second kappa shape index (κ2) is 3.49. The topological polar surface area (TPSA) is 57.8 Å². The molecule has 1 amide bonds. The number of nitrogens with one attached hydrogen (secondary N) is 2. The van der Waals surface area contributed by atoms with Crippen LogP contribution in [0.2, 0.25) is 0 Å². The van der Waals surface area contributed by atoms with Crippen molar-refractivity contribution in [2.45, 2.75) is 13.5 Å². The molecule has 1 aromatic carbocycles. The Morgan fingerprint density at radius 1 is 1.50 bits per heavy atom. The maximum absolute atomic E-state index is 10.7. The Hall–Kier alpha value is -1.84. The number of rotatable bonds is 2. The highest BCUT2D eigenvalue weighted by Crippen LogP contribution is 2.14. The van der Waals surface area contributed by atoms with Gasteiger partial charge >= 0.3 is 0 Å². The fourth-order valence-electron chi connectivity index (χ4n) is 1.36. The molecule has 4 nitrogen and oxygen atoms in total. The summed E-state index contributed by atoms with van der Waals surface area (Å²) >= 11 is 0. The van der Waals surface area contributed by atoms with Crippen LogP contribution in [0.4, 0.5) is 0 Å². The molecule has 2 rings (SSSR count). The molecule has 0 spiro atoms. The molecule has 0 bridgehead atoms. The number of benzene rings is 1. The van der Waals surface area contributed by atoms with Gasteiger partial charge in [-0.25, -0.2) is 0 Å². The molecule has 2 aromatic rings. The smallest absolute Gasteiger partial charge is 0.217 e. The largest absolute Gasteiger partial charge is 0.351 e. The third-order valence-electron chi connectivity index (χ3n) is 2.05. The lowest BCUT2D eigenvalue weighted by atomic mass is 10.2. The summed E-state index contributed by atoms with van der Waals surface area (Å²) in [5.41, 5.74) is 1.86. The first-order valence-corrected chi connectivity index (χ1v) is 4.44. The molecule has 0 atom stereocenters. The summed E-state index contributed by atoms with van der Waals surface area (Å²) in [5.74, 6) is -0.0383.